The molecule has 0 radical (unpaired) electrons. The predicted molar refractivity (Wildman–Crippen MR) is 80.8 cm³/mol. The van der Waals surface area contributed by atoms with E-state index in [4.69, 9.17) is 10.5 Å². The number of nitrogens with zero attached hydrogens (tertiary/aromatic N) is 2. The van der Waals surface area contributed by atoms with Crippen LogP contribution in [0.5, 0.6) is 0 Å². The largest absolute Gasteiger partial charge is 0.375 e. The van der Waals surface area contributed by atoms with Gasteiger partial charge in [0.25, 0.3) is 0 Å². The molecule has 1 atom stereocenters. The third-order valence-electron chi connectivity index (χ3n) is 4.31. The van der Waals surface area contributed by atoms with Gasteiger partial charge in [-0.3, -0.25) is 0 Å². The van der Waals surface area contributed by atoms with Crippen molar-refractivity contribution < 1.29 is 9.13 Å². The number of hydrogen-bond donors (Lipinski definition) is 1. The molecule has 1 saturated heterocycles. The SMILES string of the molecule is CC1CN(C(N)=NC2CC(c3cccc(F)c3)C2)CCO1. The van der Waals surface area contributed by atoms with Crippen LogP contribution in [0.25, 0.3) is 0 Å². The van der Waals surface area contributed by atoms with Crippen molar-refractivity contribution in [1.29, 1.82) is 0 Å². The molecule has 3 rings (SSSR count). The molecule has 1 aromatic carbocycles. The number of hydrogen-bond acceptors (Lipinski definition) is 2. The minimum atomic E-state index is -0.165. The molecule has 4 nitrogen and oxygen atoms in total. The van der Waals surface area contributed by atoms with Crippen molar-refractivity contribution in [2.24, 2.45) is 10.7 Å². The molecule has 1 aliphatic heterocycles. The molecule has 0 aromatic heterocycles. The number of rotatable bonds is 2. The first-order valence-corrected chi connectivity index (χ1v) is 7.57. The molecule has 0 amide bonds. The van der Waals surface area contributed by atoms with Crippen LogP contribution in [-0.2, 0) is 4.74 Å². The van der Waals surface area contributed by atoms with Gasteiger partial charge in [0.2, 0.25) is 0 Å². The van der Waals surface area contributed by atoms with Crippen LogP contribution < -0.4 is 5.73 Å². The van der Waals surface area contributed by atoms with Crippen molar-refractivity contribution in [3.05, 3.63) is 35.6 Å². The Kier molecular flexibility index (Phi) is 4.10. The fourth-order valence-electron chi connectivity index (χ4n) is 3.02. The normalized spacial score (nSPS) is 30.1. The lowest BCUT2D eigenvalue weighted by molar-refractivity contribution is 0.00512. The fourth-order valence-corrected chi connectivity index (χ4v) is 3.02. The van der Waals surface area contributed by atoms with Crippen LogP contribution in [0.4, 0.5) is 4.39 Å². The maximum Gasteiger partial charge on any atom is 0.191 e. The Hall–Kier alpha value is -1.62. The topological polar surface area (TPSA) is 50.8 Å². The monoisotopic (exact) mass is 291 g/mol. The van der Waals surface area contributed by atoms with Gasteiger partial charge in [-0.15, -0.1) is 0 Å². The van der Waals surface area contributed by atoms with E-state index in [1.807, 2.05) is 13.0 Å². The molecule has 1 aliphatic carbocycles. The number of nitrogens with two attached hydrogens (primary N) is 1. The molecule has 0 bridgehead atoms. The van der Waals surface area contributed by atoms with Crippen molar-refractivity contribution in [3.8, 4) is 0 Å². The summed E-state index contributed by atoms with van der Waals surface area (Å²) in [6.45, 7) is 4.35. The summed E-state index contributed by atoms with van der Waals surface area (Å²) in [5.74, 6) is 0.861. The second-order valence-electron chi connectivity index (χ2n) is 5.99. The Labute approximate surface area is 124 Å². The lowest BCUT2D eigenvalue weighted by atomic mass is 9.76. The maximum atomic E-state index is 13.2. The second kappa shape index (κ2) is 6.02. The average Bonchev–Trinajstić information content (AvgIpc) is 2.42. The molecule has 0 spiro atoms. The summed E-state index contributed by atoms with van der Waals surface area (Å²) in [4.78, 5) is 6.70. The smallest absolute Gasteiger partial charge is 0.191 e. The number of guanidine groups is 1. The van der Waals surface area contributed by atoms with Gasteiger partial charge in [-0.2, -0.15) is 0 Å². The van der Waals surface area contributed by atoms with Crippen LogP contribution in [0.1, 0.15) is 31.2 Å². The van der Waals surface area contributed by atoms with Gasteiger partial charge in [0, 0.05) is 13.1 Å². The molecule has 21 heavy (non-hydrogen) atoms. The van der Waals surface area contributed by atoms with E-state index in [0.717, 1.165) is 31.5 Å². The highest BCUT2D eigenvalue weighted by molar-refractivity contribution is 5.78. The van der Waals surface area contributed by atoms with Crippen LogP contribution in [0.2, 0.25) is 0 Å². The maximum absolute atomic E-state index is 13.2. The summed E-state index contributed by atoms with van der Waals surface area (Å²) in [6.07, 6.45) is 2.10. The van der Waals surface area contributed by atoms with E-state index in [9.17, 15) is 4.39 Å². The van der Waals surface area contributed by atoms with Gasteiger partial charge in [-0.25, -0.2) is 9.38 Å². The first-order chi connectivity index (χ1) is 10.1. The van der Waals surface area contributed by atoms with Crippen LogP contribution in [0.3, 0.4) is 0 Å². The highest BCUT2D eigenvalue weighted by atomic mass is 19.1. The van der Waals surface area contributed by atoms with Gasteiger partial charge >= 0.3 is 0 Å². The van der Waals surface area contributed by atoms with Crippen molar-refractivity contribution in [2.75, 3.05) is 19.7 Å². The van der Waals surface area contributed by atoms with E-state index < -0.39 is 0 Å². The molecule has 2 aliphatic rings. The lowest BCUT2D eigenvalue weighted by Crippen LogP contribution is -2.48. The van der Waals surface area contributed by atoms with E-state index in [1.54, 1.807) is 12.1 Å². The van der Waals surface area contributed by atoms with Crippen molar-refractivity contribution in [3.63, 3.8) is 0 Å². The molecule has 1 saturated carbocycles. The summed E-state index contributed by atoms with van der Waals surface area (Å²) in [5.41, 5.74) is 7.16. The van der Waals surface area contributed by atoms with Gasteiger partial charge in [0.15, 0.2) is 5.96 Å². The summed E-state index contributed by atoms with van der Waals surface area (Å²) in [5, 5.41) is 0. The van der Waals surface area contributed by atoms with Crippen molar-refractivity contribution in [2.45, 2.75) is 37.8 Å². The first-order valence-electron chi connectivity index (χ1n) is 7.57. The van der Waals surface area contributed by atoms with Crippen LogP contribution >= 0.6 is 0 Å². The van der Waals surface area contributed by atoms with Crippen LogP contribution in [0, 0.1) is 5.82 Å². The van der Waals surface area contributed by atoms with Crippen molar-refractivity contribution >= 4 is 5.96 Å². The van der Waals surface area contributed by atoms with E-state index in [1.165, 1.54) is 6.07 Å². The zero-order valence-electron chi connectivity index (χ0n) is 12.3. The molecular weight excluding hydrogens is 269 g/mol. The van der Waals surface area contributed by atoms with Crippen LogP contribution in [-0.4, -0.2) is 42.7 Å². The number of aliphatic imine (C=N–C) groups is 1. The molecule has 2 fully saturated rings. The molecule has 1 unspecified atom stereocenters. The van der Waals surface area contributed by atoms with Gasteiger partial charge < -0.3 is 15.4 Å². The Bertz CT molecular complexity index is 528. The summed E-state index contributed by atoms with van der Waals surface area (Å²) in [7, 11) is 0. The molecule has 5 heteroatoms. The highest BCUT2D eigenvalue weighted by Gasteiger charge is 2.31. The Morgan fingerprint density at radius 3 is 2.95 bits per heavy atom. The third kappa shape index (κ3) is 3.35. The highest BCUT2D eigenvalue weighted by Crippen LogP contribution is 2.38. The predicted octanol–water partition coefficient (Wildman–Crippen LogP) is 2.11. The Morgan fingerprint density at radius 2 is 2.24 bits per heavy atom. The zero-order valence-corrected chi connectivity index (χ0v) is 12.3. The van der Waals surface area contributed by atoms with E-state index in [-0.39, 0.29) is 18.0 Å². The fraction of sp³-hybridized carbons (Fsp3) is 0.562. The zero-order chi connectivity index (χ0) is 14.8. The number of halogens is 1. The number of morpholine rings is 1. The Balaban J connectivity index is 1.55. The van der Waals surface area contributed by atoms with E-state index >= 15 is 0 Å². The minimum Gasteiger partial charge on any atom is -0.375 e. The average molecular weight is 291 g/mol. The quantitative estimate of drug-likeness (QED) is 0.670. The van der Waals surface area contributed by atoms with Gasteiger partial charge in [-0.1, -0.05) is 12.1 Å². The second-order valence-corrected chi connectivity index (χ2v) is 5.99. The van der Waals surface area contributed by atoms with Gasteiger partial charge in [0.05, 0.1) is 18.8 Å². The summed E-state index contributed by atoms with van der Waals surface area (Å²) >= 11 is 0. The lowest BCUT2D eigenvalue weighted by Gasteiger charge is -2.36. The number of benzene rings is 1. The van der Waals surface area contributed by atoms with Crippen molar-refractivity contribution in [1.82, 2.24) is 4.90 Å². The molecule has 114 valence electrons. The summed E-state index contributed by atoms with van der Waals surface area (Å²) in [6, 6.07) is 7.12. The number of ether oxygens (including phenoxy) is 1. The first kappa shape index (κ1) is 14.3. The molecule has 2 N–H and O–H groups in total. The van der Waals surface area contributed by atoms with Gasteiger partial charge in [0.1, 0.15) is 5.82 Å². The third-order valence-corrected chi connectivity index (χ3v) is 4.31. The molecular formula is C16H22FN3O. The minimum absolute atomic E-state index is 0.165. The van der Waals surface area contributed by atoms with E-state index in [2.05, 4.69) is 9.89 Å². The summed E-state index contributed by atoms with van der Waals surface area (Å²) < 4.78 is 18.7. The Morgan fingerprint density at radius 1 is 1.43 bits per heavy atom. The van der Waals surface area contributed by atoms with E-state index in [0.29, 0.717) is 18.5 Å². The van der Waals surface area contributed by atoms with Gasteiger partial charge in [-0.05, 0) is 43.4 Å². The molecule has 1 heterocycles. The standard InChI is InChI=1S/C16H22FN3O/c1-11-10-20(5-6-21-11)16(18)19-15-8-13(9-15)12-3-2-4-14(17)7-12/h2-4,7,11,13,15H,5-6,8-10H2,1H3,(H2,18,19). The molecule has 1 aromatic rings. The van der Waals surface area contributed by atoms with Crippen LogP contribution in [0.15, 0.2) is 29.3 Å².